The van der Waals surface area contributed by atoms with Gasteiger partial charge in [0.2, 0.25) is 0 Å². The molecule has 0 atom stereocenters. The summed E-state index contributed by atoms with van der Waals surface area (Å²) < 4.78 is 0. The highest BCUT2D eigenvalue weighted by Crippen LogP contribution is 2.21. The number of nitrogens with zero attached hydrogens (tertiary/aromatic N) is 1. The van der Waals surface area contributed by atoms with Gasteiger partial charge in [0.25, 0.3) is 5.91 Å². The molecular formula is C16H15NO3S. The summed E-state index contributed by atoms with van der Waals surface area (Å²) in [6, 6.07) is 11.4. The first-order valence-electron chi connectivity index (χ1n) is 6.84. The van der Waals surface area contributed by atoms with Crippen LogP contribution in [0.4, 0.5) is 0 Å². The van der Waals surface area contributed by atoms with Gasteiger partial charge in [0.15, 0.2) is 0 Å². The summed E-state index contributed by atoms with van der Waals surface area (Å²) in [5, 5.41) is 8.94. The smallest absolute Gasteiger partial charge is 0.345 e. The minimum Gasteiger partial charge on any atom is -0.477 e. The predicted octanol–water partition coefficient (Wildman–Crippen LogP) is 2.69. The van der Waals surface area contributed by atoms with E-state index in [-0.39, 0.29) is 10.8 Å². The summed E-state index contributed by atoms with van der Waals surface area (Å²) in [6.45, 7) is 1.35. The van der Waals surface area contributed by atoms with E-state index in [0.717, 1.165) is 24.2 Å². The Hall–Kier alpha value is -2.14. The molecule has 1 aromatic carbocycles. The number of hydrogen-bond acceptors (Lipinski definition) is 3. The molecule has 1 aliphatic rings. The minimum atomic E-state index is -0.984. The lowest BCUT2D eigenvalue weighted by Gasteiger charge is -2.19. The fraction of sp³-hybridized carbons (Fsp3) is 0.250. The molecule has 5 heteroatoms. The Kier molecular flexibility index (Phi) is 3.75. The average Bonchev–Trinajstić information content (AvgIpc) is 2.88. The molecule has 1 amide bonds. The molecule has 1 aliphatic heterocycles. The standard InChI is InChI=1S/C16H15NO3S/c18-15(13-5-6-14(21-13)16(19)20)17-9-7-11-3-1-2-4-12(11)8-10-17/h1-6H,7-10H2,(H,19,20). The molecule has 0 saturated heterocycles. The summed E-state index contributed by atoms with van der Waals surface area (Å²) in [5.41, 5.74) is 2.59. The molecule has 0 aliphatic carbocycles. The molecule has 2 heterocycles. The van der Waals surface area contributed by atoms with Gasteiger partial charge in [-0.15, -0.1) is 11.3 Å². The van der Waals surface area contributed by atoms with E-state index in [0.29, 0.717) is 18.0 Å². The zero-order valence-corrected chi connectivity index (χ0v) is 12.2. The number of aromatic carboxylic acids is 1. The zero-order chi connectivity index (χ0) is 14.8. The van der Waals surface area contributed by atoms with Crippen LogP contribution in [0.1, 0.15) is 30.5 Å². The van der Waals surface area contributed by atoms with Gasteiger partial charge in [-0.3, -0.25) is 4.79 Å². The number of carboxylic acids is 1. The molecule has 0 spiro atoms. The Morgan fingerprint density at radius 1 is 0.952 bits per heavy atom. The van der Waals surface area contributed by atoms with Crippen molar-refractivity contribution in [2.75, 3.05) is 13.1 Å². The monoisotopic (exact) mass is 301 g/mol. The SMILES string of the molecule is O=C(O)c1ccc(C(=O)N2CCc3ccccc3CC2)s1. The van der Waals surface area contributed by atoms with Gasteiger partial charge in [-0.2, -0.15) is 0 Å². The Morgan fingerprint density at radius 3 is 2.05 bits per heavy atom. The Bertz CT molecular complexity index is 665. The van der Waals surface area contributed by atoms with E-state index in [1.807, 2.05) is 17.0 Å². The number of hydrogen-bond donors (Lipinski definition) is 1. The van der Waals surface area contributed by atoms with E-state index in [2.05, 4.69) is 12.1 Å². The van der Waals surface area contributed by atoms with Gasteiger partial charge in [0.05, 0.1) is 4.88 Å². The molecule has 4 nitrogen and oxygen atoms in total. The maximum atomic E-state index is 12.5. The van der Waals surface area contributed by atoms with Gasteiger partial charge >= 0.3 is 5.97 Å². The summed E-state index contributed by atoms with van der Waals surface area (Å²) >= 11 is 1.04. The molecule has 0 unspecified atom stereocenters. The fourth-order valence-electron chi connectivity index (χ4n) is 2.59. The summed E-state index contributed by atoms with van der Waals surface area (Å²) in [4.78, 5) is 25.9. The van der Waals surface area contributed by atoms with E-state index in [4.69, 9.17) is 5.11 Å². The molecule has 0 saturated carbocycles. The van der Waals surface area contributed by atoms with Crippen molar-refractivity contribution < 1.29 is 14.7 Å². The molecule has 2 aromatic rings. The first-order valence-corrected chi connectivity index (χ1v) is 7.66. The van der Waals surface area contributed by atoms with Crippen LogP contribution in [-0.4, -0.2) is 35.0 Å². The van der Waals surface area contributed by atoms with Gasteiger partial charge in [0.1, 0.15) is 4.88 Å². The number of carboxylic acid groups (broad SMARTS) is 1. The van der Waals surface area contributed by atoms with Crippen molar-refractivity contribution in [2.24, 2.45) is 0 Å². The third kappa shape index (κ3) is 2.83. The number of carbonyl (C=O) groups excluding carboxylic acids is 1. The van der Waals surface area contributed by atoms with Crippen LogP contribution in [-0.2, 0) is 12.8 Å². The molecule has 0 fully saturated rings. The first kappa shape index (κ1) is 13.8. The van der Waals surface area contributed by atoms with Crippen molar-refractivity contribution in [2.45, 2.75) is 12.8 Å². The molecule has 1 N–H and O–H groups in total. The highest BCUT2D eigenvalue weighted by atomic mass is 32.1. The van der Waals surface area contributed by atoms with Crippen LogP contribution in [0.15, 0.2) is 36.4 Å². The van der Waals surface area contributed by atoms with Crippen molar-refractivity contribution in [3.05, 3.63) is 57.3 Å². The van der Waals surface area contributed by atoms with Crippen LogP contribution in [0.3, 0.4) is 0 Å². The number of carbonyl (C=O) groups is 2. The van der Waals surface area contributed by atoms with E-state index < -0.39 is 5.97 Å². The number of benzene rings is 1. The lowest BCUT2D eigenvalue weighted by molar-refractivity contribution is 0.0701. The van der Waals surface area contributed by atoms with Crippen LogP contribution >= 0.6 is 11.3 Å². The first-order chi connectivity index (χ1) is 10.1. The largest absolute Gasteiger partial charge is 0.477 e. The normalized spacial score (nSPS) is 14.4. The number of thiophene rings is 1. The lowest BCUT2D eigenvalue weighted by atomic mass is 10.0. The highest BCUT2D eigenvalue weighted by molar-refractivity contribution is 7.15. The molecule has 0 radical (unpaired) electrons. The summed E-state index contributed by atoms with van der Waals surface area (Å²) in [5.74, 6) is -1.05. The van der Waals surface area contributed by atoms with Gasteiger partial charge in [0, 0.05) is 13.1 Å². The summed E-state index contributed by atoms with van der Waals surface area (Å²) in [7, 11) is 0. The number of amides is 1. The maximum absolute atomic E-state index is 12.5. The van der Waals surface area contributed by atoms with Gasteiger partial charge in [-0.1, -0.05) is 24.3 Å². The Balaban J connectivity index is 1.76. The maximum Gasteiger partial charge on any atom is 0.345 e. The number of fused-ring (bicyclic) bond motifs is 1. The van der Waals surface area contributed by atoms with E-state index in [9.17, 15) is 9.59 Å². The second-order valence-corrected chi connectivity index (χ2v) is 6.11. The quantitative estimate of drug-likeness (QED) is 0.928. The molecule has 0 bridgehead atoms. The highest BCUT2D eigenvalue weighted by Gasteiger charge is 2.21. The van der Waals surface area contributed by atoms with Gasteiger partial charge in [-0.05, 0) is 36.1 Å². The van der Waals surface area contributed by atoms with Crippen molar-refractivity contribution in [3.8, 4) is 0 Å². The molecule has 108 valence electrons. The van der Waals surface area contributed by atoms with Crippen LogP contribution < -0.4 is 0 Å². The second-order valence-electron chi connectivity index (χ2n) is 5.03. The van der Waals surface area contributed by atoms with E-state index in [1.165, 1.54) is 17.2 Å². The topological polar surface area (TPSA) is 57.6 Å². The van der Waals surface area contributed by atoms with Crippen LogP contribution in [0.2, 0.25) is 0 Å². The lowest BCUT2D eigenvalue weighted by Crippen LogP contribution is -2.32. The van der Waals surface area contributed by atoms with Crippen molar-refractivity contribution in [1.82, 2.24) is 4.90 Å². The van der Waals surface area contributed by atoms with Crippen LogP contribution in [0.5, 0.6) is 0 Å². The Labute approximate surface area is 126 Å². The van der Waals surface area contributed by atoms with Crippen LogP contribution in [0, 0.1) is 0 Å². The molecule has 1 aromatic heterocycles. The third-order valence-electron chi connectivity index (χ3n) is 3.74. The predicted molar refractivity (Wildman–Crippen MR) is 81.0 cm³/mol. The van der Waals surface area contributed by atoms with Gasteiger partial charge < -0.3 is 10.0 Å². The minimum absolute atomic E-state index is 0.0692. The second kappa shape index (κ2) is 5.69. The van der Waals surface area contributed by atoms with Crippen molar-refractivity contribution >= 4 is 23.2 Å². The van der Waals surface area contributed by atoms with Crippen LogP contribution in [0.25, 0.3) is 0 Å². The third-order valence-corrected chi connectivity index (χ3v) is 4.80. The molecular weight excluding hydrogens is 286 g/mol. The fourth-order valence-corrected chi connectivity index (χ4v) is 3.41. The summed E-state index contributed by atoms with van der Waals surface area (Å²) in [6.07, 6.45) is 1.69. The van der Waals surface area contributed by atoms with E-state index >= 15 is 0 Å². The van der Waals surface area contributed by atoms with Gasteiger partial charge in [-0.25, -0.2) is 4.79 Å². The molecule has 3 rings (SSSR count). The van der Waals surface area contributed by atoms with E-state index in [1.54, 1.807) is 6.07 Å². The average molecular weight is 301 g/mol. The Morgan fingerprint density at radius 2 is 1.52 bits per heavy atom. The van der Waals surface area contributed by atoms with Crippen molar-refractivity contribution in [3.63, 3.8) is 0 Å². The number of rotatable bonds is 2. The van der Waals surface area contributed by atoms with Crippen molar-refractivity contribution in [1.29, 1.82) is 0 Å². The molecule has 21 heavy (non-hydrogen) atoms. The zero-order valence-electron chi connectivity index (χ0n) is 11.4.